The number of aryl methyl sites for hydroxylation is 1. The van der Waals surface area contributed by atoms with E-state index in [1.807, 2.05) is 6.92 Å². The molecule has 0 bridgehead atoms. The molecule has 1 aliphatic carbocycles. The number of rotatable bonds is 4. The third-order valence-corrected chi connectivity index (χ3v) is 3.49. The molecule has 16 heavy (non-hydrogen) atoms. The Morgan fingerprint density at radius 1 is 1.56 bits per heavy atom. The van der Waals surface area contributed by atoms with Crippen molar-refractivity contribution in [1.82, 2.24) is 10.3 Å². The molecule has 0 radical (unpaired) electrons. The molecule has 5 nitrogen and oxygen atoms in total. The monoisotopic (exact) mass is 240 g/mol. The summed E-state index contributed by atoms with van der Waals surface area (Å²) in [5, 5.41) is 11.8. The minimum absolute atomic E-state index is 0.367. The van der Waals surface area contributed by atoms with Gasteiger partial charge in [-0.15, -0.1) is 11.3 Å². The molecule has 0 aliphatic heterocycles. The van der Waals surface area contributed by atoms with Crippen LogP contribution in [0.15, 0.2) is 0 Å². The van der Waals surface area contributed by atoms with E-state index in [4.69, 9.17) is 5.11 Å². The molecule has 0 saturated heterocycles. The number of aliphatic carboxylic acids is 1. The normalized spacial score (nSPS) is 14.8. The van der Waals surface area contributed by atoms with Crippen LogP contribution in [0, 0.1) is 6.92 Å². The average Bonchev–Trinajstić information content (AvgIpc) is 2.99. The Morgan fingerprint density at radius 3 is 2.81 bits per heavy atom. The minimum atomic E-state index is -1.05. The maximum absolute atomic E-state index is 11.6. The Bertz CT molecular complexity index is 437. The lowest BCUT2D eigenvalue weighted by Gasteiger charge is -1.99. The van der Waals surface area contributed by atoms with Crippen molar-refractivity contribution in [2.75, 3.05) is 6.54 Å². The Labute approximate surface area is 96.5 Å². The number of nitrogens with one attached hydrogen (secondary N) is 1. The SMILES string of the molecule is Cc1sc(C2CC2)nc1C(=O)NCC(=O)O. The summed E-state index contributed by atoms with van der Waals surface area (Å²) in [6.07, 6.45) is 2.28. The van der Waals surface area contributed by atoms with Crippen LogP contribution in [0.2, 0.25) is 0 Å². The smallest absolute Gasteiger partial charge is 0.322 e. The summed E-state index contributed by atoms with van der Waals surface area (Å²) in [5.74, 6) is -0.934. The van der Waals surface area contributed by atoms with Gasteiger partial charge in [-0.25, -0.2) is 4.98 Å². The van der Waals surface area contributed by atoms with Crippen molar-refractivity contribution in [2.45, 2.75) is 25.7 Å². The molecule has 0 spiro atoms. The molecule has 0 aromatic carbocycles. The second kappa shape index (κ2) is 4.21. The number of carboxylic acid groups (broad SMARTS) is 1. The van der Waals surface area contributed by atoms with E-state index in [-0.39, 0.29) is 6.54 Å². The first kappa shape index (κ1) is 11.1. The number of hydrogen-bond acceptors (Lipinski definition) is 4. The fraction of sp³-hybridized carbons (Fsp3) is 0.500. The second-order valence-electron chi connectivity index (χ2n) is 3.81. The number of amides is 1. The van der Waals surface area contributed by atoms with Gasteiger partial charge in [0.2, 0.25) is 0 Å². The maximum atomic E-state index is 11.6. The Morgan fingerprint density at radius 2 is 2.25 bits per heavy atom. The first-order chi connectivity index (χ1) is 7.58. The molecule has 0 unspecified atom stereocenters. The highest BCUT2D eigenvalue weighted by Gasteiger charge is 2.28. The quantitative estimate of drug-likeness (QED) is 0.827. The van der Waals surface area contributed by atoms with Crippen LogP contribution in [-0.4, -0.2) is 28.5 Å². The van der Waals surface area contributed by atoms with E-state index in [0.717, 1.165) is 22.7 Å². The van der Waals surface area contributed by atoms with Gasteiger partial charge in [0.25, 0.3) is 5.91 Å². The molecular formula is C10H12N2O3S. The van der Waals surface area contributed by atoms with E-state index in [1.54, 1.807) is 0 Å². The number of nitrogens with zero attached hydrogens (tertiary/aromatic N) is 1. The fourth-order valence-electron chi connectivity index (χ4n) is 1.37. The molecule has 2 N–H and O–H groups in total. The number of hydrogen-bond donors (Lipinski definition) is 2. The third kappa shape index (κ3) is 2.38. The van der Waals surface area contributed by atoms with Crippen molar-refractivity contribution in [1.29, 1.82) is 0 Å². The third-order valence-electron chi connectivity index (χ3n) is 2.35. The van der Waals surface area contributed by atoms with Crippen LogP contribution < -0.4 is 5.32 Å². The van der Waals surface area contributed by atoms with E-state index in [0.29, 0.717) is 11.6 Å². The van der Waals surface area contributed by atoms with E-state index in [2.05, 4.69) is 10.3 Å². The first-order valence-electron chi connectivity index (χ1n) is 5.05. The van der Waals surface area contributed by atoms with Crippen molar-refractivity contribution in [3.63, 3.8) is 0 Å². The number of thiazole rings is 1. The fourth-order valence-corrected chi connectivity index (χ4v) is 2.46. The van der Waals surface area contributed by atoms with Crippen molar-refractivity contribution in [2.24, 2.45) is 0 Å². The van der Waals surface area contributed by atoms with E-state index < -0.39 is 11.9 Å². The highest BCUT2D eigenvalue weighted by Crippen LogP contribution is 2.42. The Kier molecular flexibility index (Phi) is 2.91. The Balaban J connectivity index is 2.07. The van der Waals surface area contributed by atoms with Gasteiger partial charge in [-0.2, -0.15) is 0 Å². The molecule has 1 aromatic heterocycles. The van der Waals surface area contributed by atoms with Gasteiger partial charge in [0.1, 0.15) is 12.2 Å². The zero-order valence-corrected chi connectivity index (χ0v) is 9.63. The van der Waals surface area contributed by atoms with Crippen molar-refractivity contribution in [3.05, 3.63) is 15.6 Å². The van der Waals surface area contributed by atoms with Crippen LogP contribution in [0.25, 0.3) is 0 Å². The molecule has 86 valence electrons. The van der Waals surface area contributed by atoms with Gasteiger partial charge in [-0.3, -0.25) is 9.59 Å². The minimum Gasteiger partial charge on any atom is -0.480 e. The van der Waals surface area contributed by atoms with Gasteiger partial charge in [0.15, 0.2) is 0 Å². The summed E-state index contributed by atoms with van der Waals surface area (Å²) >= 11 is 1.53. The topological polar surface area (TPSA) is 79.3 Å². The van der Waals surface area contributed by atoms with Gasteiger partial charge in [-0.05, 0) is 19.8 Å². The van der Waals surface area contributed by atoms with Crippen LogP contribution in [0.1, 0.15) is 39.1 Å². The highest BCUT2D eigenvalue weighted by molar-refractivity contribution is 7.12. The number of carboxylic acids is 1. The summed E-state index contributed by atoms with van der Waals surface area (Å²) in [4.78, 5) is 27.0. The lowest BCUT2D eigenvalue weighted by molar-refractivity contribution is -0.135. The standard InChI is InChI=1S/C10H12N2O3S/c1-5-8(9(15)11-4-7(13)14)12-10(16-5)6-2-3-6/h6H,2-4H2,1H3,(H,11,15)(H,13,14). The maximum Gasteiger partial charge on any atom is 0.322 e. The molecule has 1 aliphatic rings. The Hall–Kier alpha value is -1.43. The van der Waals surface area contributed by atoms with E-state index in [1.165, 1.54) is 11.3 Å². The molecule has 1 heterocycles. The summed E-state index contributed by atoms with van der Waals surface area (Å²) in [7, 11) is 0. The zero-order valence-electron chi connectivity index (χ0n) is 8.82. The van der Waals surface area contributed by atoms with Crippen LogP contribution >= 0.6 is 11.3 Å². The average molecular weight is 240 g/mol. The van der Waals surface area contributed by atoms with Crippen molar-refractivity contribution in [3.8, 4) is 0 Å². The summed E-state index contributed by atoms with van der Waals surface area (Å²) in [5.41, 5.74) is 0.369. The van der Waals surface area contributed by atoms with Crippen LogP contribution in [0.3, 0.4) is 0 Å². The van der Waals surface area contributed by atoms with Crippen LogP contribution in [-0.2, 0) is 4.79 Å². The van der Waals surface area contributed by atoms with Crippen molar-refractivity contribution < 1.29 is 14.7 Å². The second-order valence-corrected chi connectivity index (χ2v) is 5.04. The molecule has 6 heteroatoms. The van der Waals surface area contributed by atoms with Crippen LogP contribution in [0.4, 0.5) is 0 Å². The lowest BCUT2D eigenvalue weighted by atomic mass is 10.3. The van der Waals surface area contributed by atoms with Crippen molar-refractivity contribution >= 4 is 23.2 Å². The zero-order chi connectivity index (χ0) is 11.7. The summed E-state index contributed by atoms with van der Waals surface area (Å²) < 4.78 is 0. The number of carbonyl (C=O) groups excluding carboxylic acids is 1. The van der Waals surface area contributed by atoms with E-state index in [9.17, 15) is 9.59 Å². The molecule has 1 aromatic rings. The van der Waals surface area contributed by atoms with Gasteiger partial charge in [-0.1, -0.05) is 0 Å². The van der Waals surface area contributed by atoms with Gasteiger partial charge >= 0.3 is 5.97 Å². The number of carbonyl (C=O) groups is 2. The molecule has 2 rings (SSSR count). The predicted molar refractivity (Wildman–Crippen MR) is 58.8 cm³/mol. The highest BCUT2D eigenvalue weighted by atomic mass is 32.1. The molecule has 1 saturated carbocycles. The largest absolute Gasteiger partial charge is 0.480 e. The number of aromatic nitrogens is 1. The molecule has 1 fully saturated rings. The van der Waals surface area contributed by atoms with Gasteiger partial charge in [0.05, 0.1) is 5.01 Å². The van der Waals surface area contributed by atoms with Gasteiger partial charge in [0, 0.05) is 10.8 Å². The predicted octanol–water partition coefficient (Wildman–Crippen LogP) is 1.14. The molecule has 1 amide bonds. The summed E-state index contributed by atoms with van der Waals surface area (Å²) in [6.45, 7) is 1.47. The van der Waals surface area contributed by atoms with E-state index >= 15 is 0 Å². The molecule has 0 atom stereocenters. The van der Waals surface area contributed by atoms with Gasteiger partial charge < -0.3 is 10.4 Å². The summed E-state index contributed by atoms with van der Waals surface area (Å²) in [6, 6.07) is 0. The molecular weight excluding hydrogens is 228 g/mol. The first-order valence-corrected chi connectivity index (χ1v) is 5.87. The lowest BCUT2D eigenvalue weighted by Crippen LogP contribution is -2.29. The van der Waals surface area contributed by atoms with Crippen LogP contribution in [0.5, 0.6) is 0 Å².